The molecule has 0 radical (unpaired) electrons. The maximum atomic E-state index is 12.8. The van der Waals surface area contributed by atoms with Gasteiger partial charge in [0.2, 0.25) is 0 Å². The van der Waals surface area contributed by atoms with Crippen LogP contribution in [-0.4, -0.2) is 37.2 Å². The van der Waals surface area contributed by atoms with Crippen molar-refractivity contribution in [1.29, 1.82) is 0 Å². The lowest BCUT2D eigenvalue weighted by Crippen LogP contribution is -2.30. The second-order valence-corrected chi connectivity index (χ2v) is 19.9. The fourth-order valence-electron chi connectivity index (χ4n) is 8.61. The molecule has 6 nitrogen and oxygen atoms in total. The monoisotopic (exact) mass is 953 g/mol. The molecule has 0 aromatic rings. The predicted molar refractivity (Wildman–Crippen MR) is 293 cm³/mol. The van der Waals surface area contributed by atoms with Crippen molar-refractivity contribution in [2.24, 2.45) is 0 Å². The number of allylic oxidation sites excluding steroid dienone is 8. The van der Waals surface area contributed by atoms with Gasteiger partial charge < -0.3 is 14.2 Å². The summed E-state index contributed by atoms with van der Waals surface area (Å²) in [7, 11) is 0. The second kappa shape index (κ2) is 57.0. The van der Waals surface area contributed by atoms with E-state index in [2.05, 4.69) is 69.4 Å². The summed E-state index contributed by atoms with van der Waals surface area (Å²) in [5.74, 6) is -0.929. The standard InChI is InChI=1S/C62H112O6/c1-4-7-10-13-16-19-22-25-28-30-31-33-34-37-40-43-46-49-52-55-61(64)67-58-59(57-66-60(63)54-51-48-45-42-39-36-27-24-21-18-15-12-9-6-3)68-62(65)56-53-50-47-44-41-38-35-32-29-26-23-20-17-14-11-8-5-2/h17,20,26,29,35,38,44,47,59H,4-16,18-19,21-25,27-28,30-34,36-37,39-43,45-46,48-58H2,1-3H3/b20-17+,29-26+,38-35+,47-44+/t59-/m1/s1. The highest BCUT2D eigenvalue weighted by Crippen LogP contribution is 2.17. The van der Waals surface area contributed by atoms with Crippen LogP contribution in [0.25, 0.3) is 0 Å². The van der Waals surface area contributed by atoms with Crippen LogP contribution in [0.3, 0.4) is 0 Å². The van der Waals surface area contributed by atoms with E-state index < -0.39 is 6.10 Å². The Balaban J connectivity index is 4.40. The molecule has 0 aliphatic carbocycles. The summed E-state index contributed by atoms with van der Waals surface area (Å²) in [6.45, 7) is 6.61. The van der Waals surface area contributed by atoms with Crippen molar-refractivity contribution in [2.75, 3.05) is 13.2 Å². The van der Waals surface area contributed by atoms with Gasteiger partial charge in [0, 0.05) is 19.3 Å². The van der Waals surface area contributed by atoms with E-state index in [1.807, 2.05) is 0 Å². The molecule has 0 unspecified atom stereocenters. The van der Waals surface area contributed by atoms with Gasteiger partial charge in [-0.05, 0) is 57.8 Å². The molecule has 0 saturated heterocycles. The first-order valence-corrected chi connectivity index (χ1v) is 29.6. The van der Waals surface area contributed by atoms with Crippen molar-refractivity contribution in [3.63, 3.8) is 0 Å². The lowest BCUT2D eigenvalue weighted by atomic mass is 10.0. The van der Waals surface area contributed by atoms with Crippen LogP contribution in [0.2, 0.25) is 0 Å². The van der Waals surface area contributed by atoms with Gasteiger partial charge in [0.1, 0.15) is 13.2 Å². The zero-order valence-corrected chi connectivity index (χ0v) is 45.4. The summed E-state index contributed by atoms with van der Waals surface area (Å²) in [4.78, 5) is 38.1. The van der Waals surface area contributed by atoms with Gasteiger partial charge in [-0.2, -0.15) is 0 Å². The van der Waals surface area contributed by atoms with Crippen LogP contribution in [0.5, 0.6) is 0 Å². The van der Waals surface area contributed by atoms with E-state index in [0.29, 0.717) is 19.3 Å². The van der Waals surface area contributed by atoms with Gasteiger partial charge in [0.15, 0.2) is 6.10 Å². The maximum Gasteiger partial charge on any atom is 0.306 e. The normalized spacial score (nSPS) is 12.3. The molecule has 0 aromatic heterocycles. The van der Waals surface area contributed by atoms with Gasteiger partial charge in [0.05, 0.1) is 0 Å². The second-order valence-electron chi connectivity index (χ2n) is 19.9. The van der Waals surface area contributed by atoms with Crippen molar-refractivity contribution in [2.45, 2.75) is 316 Å². The molecule has 0 aliphatic rings. The molecule has 0 rings (SSSR count). The minimum atomic E-state index is -0.798. The molecular weight excluding hydrogens is 841 g/mol. The Hall–Kier alpha value is -2.63. The Bertz CT molecular complexity index is 1190. The molecule has 6 heteroatoms. The number of hydrogen-bond acceptors (Lipinski definition) is 6. The van der Waals surface area contributed by atoms with E-state index in [9.17, 15) is 14.4 Å². The van der Waals surface area contributed by atoms with Gasteiger partial charge >= 0.3 is 17.9 Å². The molecule has 0 heterocycles. The summed E-state index contributed by atoms with van der Waals surface area (Å²) < 4.78 is 16.8. The molecule has 396 valence electrons. The topological polar surface area (TPSA) is 78.9 Å². The highest BCUT2D eigenvalue weighted by atomic mass is 16.6. The summed E-state index contributed by atoms with van der Waals surface area (Å²) in [6.07, 6.45) is 69.7. The van der Waals surface area contributed by atoms with Crippen molar-refractivity contribution < 1.29 is 28.6 Å². The van der Waals surface area contributed by atoms with Gasteiger partial charge in [-0.15, -0.1) is 0 Å². The van der Waals surface area contributed by atoms with Crippen LogP contribution >= 0.6 is 0 Å². The molecule has 1 atom stereocenters. The highest BCUT2D eigenvalue weighted by molar-refractivity contribution is 5.71. The Morgan fingerprint density at radius 3 is 0.868 bits per heavy atom. The Morgan fingerprint density at radius 2 is 0.544 bits per heavy atom. The van der Waals surface area contributed by atoms with E-state index in [-0.39, 0.29) is 37.5 Å². The van der Waals surface area contributed by atoms with Gasteiger partial charge in [-0.25, -0.2) is 0 Å². The van der Waals surface area contributed by atoms with Crippen molar-refractivity contribution in [3.8, 4) is 0 Å². The Labute approximate surface area is 422 Å². The number of esters is 3. The fraction of sp³-hybridized carbons (Fsp3) is 0.823. The van der Waals surface area contributed by atoms with E-state index in [4.69, 9.17) is 14.2 Å². The first kappa shape index (κ1) is 65.4. The van der Waals surface area contributed by atoms with Crippen LogP contribution in [0.4, 0.5) is 0 Å². The molecule has 0 fully saturated rings. The van der Waals surface area contributed by atoms with Gasteiger partial charge in [0.25, 0.3) is 0 Å². The number of rotatable bonds is 54. The number of carbonyl (C=O) groups excluding carboxylic acids is 3. The van der Waals surface area contributed by atoms with Crippen molar-refractivity contribution in [1.82, 2.24) is 0 Å². The quantitative estimate of drug-likeness (QED) is 0.0262. The van der Waals surface area contributed by atoms with Crippen LogP contribution in [0.1, 0.15) is 310 Å². The Kier molecular flexibility index (Phi) is 54.8. The molecule has 0 N–H and O–H groups in total. The van der Waals surface area contributed by atoms with Crippen molar-refractivity contribution in [3.05, 3.63) is 48.6 Å². The summed E-state index contributed by atoms with van der Waals surface area (Å²) in [5.41, 5.74) is 0. The fourth-order valence-corrected chi connectivity index (χ4v) is 8.61. The third kappa shape index (κ3) is 54.3. The lowest BCUT2D eigenvalue weighted by Gasteiger charge is -2.18. The number of ether oxygens (including phenoxy) is 3. The van der Waals surface area contributed by atoms with Crippen LogP contribution in [-0.2, 0) is 28.6 Å². The lowest BCUT2D eigenvalue weighted by molar-refractivity contribution is -0.167. The number of unbranched alkanes of at least 4 members (excludes halogenated alkanes) is 35. The molecule has 0 saturated carbocycles. The average molecular weight is 954 g/mol. The predicted octanol–water partition coefficient (Wildman–Crippen LogP) is 19.8. The average Bonchev–Trinajstić information content (AvgIpc) is 3.34. The van der Waals surface area contributed by atoms with E-state index in [0.717, 1.165) is 64.2 Å². The molecule has 68 heavy (non-hydrogen) atoms. The zero-order chi connectivity index (χ0) is 49.3. The molecule has 0 aromatic carbocycles. The van der Waals surface area contributed by atoms with Crippen LogP contribution < -0.4 is 0 Å². The first-order valence-electron chi connectivity index (χ1n) is 29.6. The third-order valence-electron chi connectivity index (χ3n) is 13.1. The first-order chi connectivity index (χ1) is 33.5. The molecular formula is C62H112O6. The van der Waals surface area contributed by atoms with Crippen molar-refractivity contribution >= 4 is 17.9 Å². The van der Waals surface area contributed by atoms with E-state index >= 15 is 0 Å². The molecule has 0 spiro atoms. The summed E-state index contributed by atoms with van der Waals surface area (Å²) in [6, 6.07) is 0. The molecule has 0 aliphatic heterocycles. The minimum absolute atomic E-state index is 0.0903. The van der Waals surface area contributed by atoms with E-state index in [1.54, 1.807) is 0 Å². The summed E-state index contributed by atoms with van der Waals surface area (Å²) >= 11 is 0. The van der Waals surface area contributed by atoms with Crippen LogP contribution in [0, 0.1) is 0 Å². The van der Waals surface area contributed by atoms with Gasteiger partial charge in [-0.3, -0.25) is 14.4 Å². The largest absolute Gasteiger partial charge is 0.462 e. The zero-order valence-electron chi connectivity index (χ0n) is 45.4. The molecule has 0 amide bonds. The molecule has 0 bridgehead atoms. The third-order valence-corrected chi connectivity index (χ3v) is 13.1. The number of carbonyl (C=O) groups is 3. The summed E-state index contributed by atoms with van der Waals surface area (Å²) in [5, 5.41) is 0. The SMILES string of the molecule is CCCCC/C=C/C/C=C/C/C=C/C/C=C/CCCC(=O)O[C@H](COC(=O)CCCCCCCCCCCCCCCC)COC(=O)CCCCCCCCCCCCCCCCCCCCC. The smallest absolute Gasteiger partial charge is 0.306 e. The maximum absolute atomic E-state index is 12.8. The van der Waals surface area contributed by atoms with E-state index in [1.165, 1.54) is 199 Å². The minimum Gasteiger partial charge on any atom is -0.462 e. The number of hydrogen-bond donors (Lipinski definition) is 0. The highest BCUT2D eigenvalue weighted by Gasteiger charge is 2.19. The Morgan fingerprint density at radius 1 is 0.294 bits per heavy atom. The van der Waals surface area contributed by atoms with Crippen LogP contribution in [0.15, 0.2) is 48.6 Å². The van der Waals surface area contributed by atoms with Gasteiger partial charge in [-0.1, -0.05) is 281 Å².